The molecule has 0 radical (unpaired) electrons. The zero-order valence-electron chi connectivity index (χ0n) is 17.5. The fourth-order valence-corrected chi connectivity index (χ4v) is 3.02. The molecule has 3 aromatic carbocycles. The highest BCUT2D eigenvalue weighted by atomic mass is 16.2. The number of aryl methyl sites for hydroxylation is 5. The molecule has 3 aromatic rings. The van der Waals surface area contributed by atoms with Gasteiger partial charge in [-0.05, 0) is 98.8 Å². The number of hydrogen-bond acceptors (Lipinski definition) is 2. The van der Waals surface area contributed by atoms with Crippen molar-refractivity contribution in [2.24, 2.45) is 0 Å². The van der Waals surface area contributed by atoms with E-state index in [9.17, 15) is 9.59 Å². The van der Waals surface area contributed by atoms with Gasteiger partial charge >= 0.3 is 0 Å². The van der Waals surface area contributed by atoms with Crippen molar-refractivity contribution in [1.82, 2.24) is 0 Å². The smallest absolute Gasteiger partial charge is 0.255 e. The van der Waals surface area contributed by atoms with Gasteiger partial charge < -0.3 is 10.6 Å². The summed E-state index contributed by atoms with van der Waals surface area (Å²) in [7, 11) is 0. The molecule has 0 spiro atoms. The predicted octanol–water partition coefficient (Wildman–Crippen LogP) is 5.73. The Morgan fingerprint density at radius 2 is 1.03 bits per heavy atom. The summed E-state index contributed by atoms with van der Waals surface area (Å²) in [6, 6.07) is 16.8. The van der Waals surface area contributed by atoms with Gasteiger partial charge in [0.1, 0.15) is 0 Å². The van der Waals surface area contributed by atoms with Crippen LogP contribution in [-0.2, 0) is 0 Å². The van der Waals surface area contributed by atoms with Crippen LogP contribution in [0, 0.1) is 34.6 Å². The summed E-state index contributed by atoms with van der Waals surface area (Å²) in [5.41, 5.74) is 7.69. The molecule has 0 bridgehead atoms. The lowest BCUT2D eigenvalue weighted by atomic mass is 10.1. The van der Waals surface area contributed by atoms with E-state index in [2.05, 4.69) is 10.6 Å². The first kappa shape index (κ1) is 20.3. The van der Waals surface area contributed by atoms with Crippen molar-refractivity contribution in [2.45, 2.75) is 34.6 Å². The molecule has 4 heteroatoms. The van der Waals surface area contributed by atoms with E-state index >= 15 is 0 Å². The molecule has 0 atom stereocenters. The third kappa shape index (κ3) is 4.72. The van der Waals surface area contributed by atoms with E-state index in [0.29, 0.717) is 22.5 Å². The predicted molar refractivity (Wildman–Crippen MR) is 119 cm³/mol. The number of amides is 2. The molecule has 3 rings (SSSR count). The SMILES string of the molecule is Cc1ccc(NC(=O)c2ccc(C)c(C)c2)c(NC(=O)c2ccc(C)c(C)c2)c1. The number of anilines is 2. The lowest BCUT2D eigenvalue weighted by molar-refractivity contribution is 0.101. The summed E-state index contributed by atoms with van der Waals surface area (Å²) in [5.74, 6) is -0.418. The van der Waals surface area contributed by atoms with Crippen LogP contribution in [0.4, 0.5) is 11.4 Å². The van der Waals surface area contributed by atoms with Crippen LogP contribution in [0.15, 0.2) is 54.6 Å². The Morgan fingerprint density at radius 3 is 1.52 bits per heavy atom. The topological polar surface area (TPSA) is 58.2 Å². The van der Waals surface area contributed by atoms with E-state index in [-0.39, 0.29) is 11.8 Å². The van der Waals surface area contributed by atoms with Crippen LogP contribution in [0.25, 0.3) is 0 Å². The molecule has 0 aliphatic heterocycles. The fourth-order valence-electron chi connectivity index (χ4n) is 3.02. The minimum absolute atomic E-state index is 0.208. The molecule has 4 nitrogen and oxygen atoms in total. The van der Waals surface area contributed by atoms with E-state index in [4.69, 9.17) is 0 Å². The number of benzene rings is 3. The lowest BCUT2D eigenvalue weighted by Crippen LogP contribution is -2.17. The van der Waals surface area contributed by atoms with Gasteiger partial charge in [-0.15, -0.1) is 0 Å². The maximum absolute atomic E-state index is 12.8. The summed E-state index contributed by atoms with van der Waals surface area (Å²) < 4.78 is 0. The van der Waals surface area contributed by atoms with Crippen molar-refractivity contribution in [1.29, 1.82) is 0 Å². The van der Waals surface area contributed by atoms with Gasteiger partial charge in [0.25, 0.3) is 11.8 Å². The zero-order chi connectivity index (χ0) is 21.1. The molecule has 0 unspecified atom stereocenters. The molecule has 0 saturated heterocycles. The minimum Gasteiger partial charge on any atom is -0.320 e. The largest absolute Gasteiger partial charge is 0.320 e. The second-order valence-electron chi connectivity index (χ2n) is 7.56. The summed E-state index contributed by atoms with van der Waals surface area (Å²) in [6.07, 6.45) is 0. The number of rotatable bonds is 4. The monoisotopic (exact) mass is 386 g/mol. The Morgan fingerprint density at radius 1 is 0.552 bits per heavy atom. The molecule has 0 saturated carbocycles. The average molecular weight is 386 g/mol. The van der Waals surface area contributed by atoms with Crippen molar-refractivity contribution in [3.8, 4) is 0 Å². The first-order valence-corrected chi connectivity index (χ1v) is 9.62. The number of carbonyl (C=O) groups is 2. The lowest BCUT2D eigenvalue weighted by Gasteiger charge is -2.14. The van der Waals surface area contributed by atoms with E-state index in [1.807, 2.05) is 77.1 Å². The maximum atomic E-state index is 12.8. The highest BCUT2D eigenvalue weighted by Crippen LogP contribution is 2.25. The second kappa shape index (κ2) is 8.31. The van der Waals surface area contributed by atoms with Crippen LogP contribution >= 0.6 is 0 Å². The van der Waals surface area contributed by atoms with Crippen LogP contribution in [0.3, 0.4) is 0 Å². The number of carbonyl (C=O) groups excluding carboxylic acids is 2. The van der Waals surface area contributed by atoms with Crippen molar-refractivity contribution < 1.29 is 9.59 Å². The highest BCUT2D eigenvalue weighted by Gasteiger charge is 2.14. The third-order valence-corrected chi connectivity index (χ3v) is 5.21. The Labute approximate surface area is 172 Å². The van der Waals surface area contributed by atoms with E-state index in [1.165, 1.54) is 0 Å². The average Bonchev–Trinajstić information content (AvgIpc) is 2.68. The summed E-state index contributed by atoms with van der Waals surface area (Å²) in [4.78, 5) is 25.5. The van der Waals surface area contributed by atoms with Crippen LogP contribution in [0.5, 0.6) is 0 Å². The molecule has 0 heterocycles. The van der Waals surface area contributed by atoms with Gasteiger partial charge in [-0.25, -0.2) is 0 Å². The zero-order valence-corrected chi connectivity index (χ0v) is 17.5. The molecular formula is C25H26N2O2. The van der Waals surface area contributed by atoms with Gasteiger partial charge in [0.05, 0.1) is 11.4 Å². The molecule has 0 aliphatic rings. The van der Waals surface area contributed by atoms with Crippen molar-refractivity contribution in [2.75, 3.05) is 10.6 Å². The molecule has 148 valence electrons. The summed E-state index contributed by atoms with van der Waals surface area (Å²) in [6.45, 7) is 9.93. The first-order valence-electron chi connectivity index (χ1n) is 9.62. The van der Waals surface area contributed by atoms with Crippen molar-refractivity contribution in [3.05, 3.63) is 93.5 Å². The maximum Gasteiger partial charge on any atom is 0.255 e. The molecule has 2 N–H and O–H groups in total. The Bertz CT molecular complexity index is 1100. The highest BCUT2D eigenvalue weighted by molar-refractivity contribution is 6.10. The van der Waals surface area contributed by atoms with Gasteiger partial charge in [0.15, 0.2) is 0 Å². The van der Waals surface area contributed by atoms with E-state index < -0.39 is 0 Å². The minimum atomic E-state index is -0.210. The van der Waals surface area contributed by atoms with Crippen LogP contribution < -0.4 is 10.6 Å². The summed E-state index contributed by atoms with van der Waals surface area (Å²) >= 11 is 0. The molecule has 0 aromatic heterocycles. The Hall–Kier alpha value is -3.40. The Kier molecular flexibility index (Phi) is 5.83. The molecule has 29 heavy (non-hydrogen) atoms. The van der Waals surface area contributed by atoms with Crippen molar-refractivity contribution in [3.63, 3.8) is 0 Å². The molecule has 2 amide bonds. The van der Waals surface area contributed by atoms with Gasteiger partial charge in [0.2, 0.25) is 0 Å². The normalized spacial score (nSPS) is 10.5. The van der Waals surface area contributed by atoms with E-state index in [1.54, 1.807) is 12.1 Å². The van der Waals surface area contributed by atoms with Crippen molar-refractivity contribution >= 4 is 23.2 Å². The summed E-state index contributed by atoms with van der Waals surface area (Å²) in [5, 5.41) is 5.86. The van der Waals surface area contributed by atoms with Gasteiger partial charge in [-0.1, -0.05) is 18.2 Å². The molecular weight excluding hydrogens is 360 g/mol. The number of hydrogen-bond donors (Lipinski definition) is 2. The fraction of sp³-hybridized carbons (Fsp3) is 0.200. The molecule has 0 aliphatic carbocycles. The third-order valence-electron chi connectivity index (χ3n) is 5.21. The van der Waals surface area contributed by atoms with Crippen LogP contribution in [-0.4, -0.2) is 11.8 Å². The van der Waals surface area contributed by atoms with Gasteiger partial charge in [-0.3, -0.25) is 9.59 Å². The molecule has 0 fully saturated rings. The second-order valence-corrected chi connectivity index (χ2v) is 7.56. The standard InChI is InChI=1S/C25H26N2O2/c1-15-6-11-22(26-24(28)20-9-7-16(2)18(4)13-20)23(12-15)27-25(29)21-10-8-17(3)19(5)14-21/h6-14H,1-5H3,(H,26,28)(H,27,29). The van der Waals surface area contributed by atoms with Crippen LogP contribution in [0.2, 0.25) is 0 Å². The number of nitrogens with one attached hydrogen (secondary N) is 2. The van der Waals surface area contributed by atoms with Gasteiger partial charge in [-0.2, -0.15) is 0 Å². The first-order chi connectivity index (χ1) is 13.7. The van der Waals surface area contributed by atoms with E-state index in [0.717, 1.165) is 27.8 Å². The Balaban J connectivity index is 1.85. The van der Waals surface area contributed by atoms with Crippen LogP contribution in [0.1, 0.15) is 48.5 Å². The quantitative estimate of drug-likeness (QED) is 0.601. The van der Waals surface area contributed by atoms with Gasteiger partial charge in [0, 0.05) is 11.1 Å².